The molecule has 0 radical (unpaired) electrons. The molecule has 1 unspecified atom stereocenters. The van der Waals surface area contributed by atoms with Crippen LogP contribution < -0.4 is 0 Å². The van der Waals surface area contributed by atoms with Gasteiger partial charge in [-0.3, -0.25) is 0 Å². The lowest BCUT2D eigenvalue weighted by molar-refractivity contribution is 0.481. The molecule has 0 aliphatic carbocycles. The van der Waals surface area contributed by atoms with Gasteiger partial charge in [-0.1, -0.05) is 84.5 Å². The van der Waals surface area contributed by atoms with Gasteiger partial charge in [-0.2, -0.15) is 0 Å². The number of hydrogen-bond acceptors (Lipinski definition) is 2. The van der Waals surface area contributed by atoms with Crippen molar-refractivity contribution >= 4 is 6.08 Å². The SMILES string of the molecule is CCCCCCCCC(CCCCCCC)N=C=O. The van der Waals surface area contributed by atoms with Crippen LogP contribution in [-0.2, 0) is 4.79 Å². The first-order valence-electron chi connectivity index (χ1n) is 8.42. The average molecular weight is 267 g/mol. The second-order valence-corrected chi connectivity index (χ2v) is 5.63. The summed E-state index contributed by atoms with van der Waals surface area (Å²) in [7, 11) is 0. The van der Waals surface area contributed by atoms with E-state index >= 15 is 0 Å². The predicted octanol–water partition coefficient (Wildman–Crippen LogP) is 5.80. The molecule has 0 aromatic rings. The van der Waals surface area contributed by atoms with Gasteiger partial charge >= 0.3 is 0 Å². The van der Waals surface area contributed by atoms with Crippen LogP contribution in [0.5, 0.6) is 0 Å². The summed E-state index contributed by atoms with van der Waals surface area (Å²) < 4.78 is 0. The van der Waals surface area contributed by atoms with E-state index in [1.54, 1.807) is 6.08 Å². The maximum Gasteiger partial charge on any atom is 0.235 e. The van der Waals surface area contributed by atoms with Gasteiger partial charge in [0.15, 0.2) is 0 Å². The summed E-state index contributed by atoms with van der Waals surface area (Å²) in [6.07, 6.45) is 18.2. The lowest BCUT2D eigenvalue weighted by atomic mass is 10.0. The summed E-state index contributed by atoms with van der Waals surface area (Å²) in [4.78, 5) is 14.4. The zero-order chi connectivity index (χ0) is 14.2. The molecule has 0 spiro atoms. The topological polar surface area (TPSA) is 29.4 Å². The molecule has 0 N–H and O–H groups in total. The fraction of sp³-hybridized carbons (Fsp3) is 0.941. The summed E-state index contributed by atoms with van der Waals surface area (Å²) in [6.45, 7) is 4.48. The van der Waals surface area contributed by atoms with Gasteiger partial charge in [-0.15, -0.1) is 0 Å². The number of hydrogen-bond donors (Lipinski definition) is 0. The Bertz CT molecular complexity index is 221. The molecule has 0 fully saturated rings. The predicted molar refractivity (Wildman–Crippen MR) is 83.3 cm³/mol. The molecule has 0 aromatic heterocycles. The van der Waals surface area contributed by atoms with Crippen molar-refractivity contribution in [1.82, 2.24) is 0 Å². The molecular formula is C17H33NO. The molecule has 0 amide bonds. The first-order valence-corrected chi connectivity index (χ1v) is 8.42. The lowest BCUT2D eigenvalue weighted by Gasteiger charge is -2.10. The van der Waals surface area contributed by atoms with Crippen LogP contribution in [0.4, 0.5) is 0 Å². The third kappa shape index (κ3) is 13.6. The molecule has 0 aliphatic rings. The molecule has 2 heteroatoms. The van der Waals surface area contributed by atoms with Crippen molar-refractivity contribution in [3.05, 3.63) is 0 Å². The summed E-state index contributed by atoms with van der Waals surface area (Å²) >= 11 is 0. The third-order valence-corrected chi connectivity index (χ3v) is 3.77. The molecule has 0 aliphatic heterocycles. The number of nitrogens with zero attached hydrogens (tertiary/aromatic N) is 1. The Balaban J connectivity index is 3.54. The van der Waals surface area contributed by atoms with Crippen molar-refractivity contribution in [3.8, 4) is 0 Å². The number of rotatable bonds is 14. The molecule has 2 nitrogen and oxygen atoms in total. The second kappa shape index (κ2) is 15.4. The van der Waals surface area contributed by atoms with Crippen molar-refractivity contribution in [2.75, 3.05) is 0 Å². The van der Waals surface area contributed by atoms with Crippen molar-refractivity contribution in [2.24, 2.45) is 4.99 Å². The summed E-state index contributed by atoms with van der Waals surface area (Å²) in [5, 5.41) is 0. The molecule has 0 aromatic carbocycles. The number of isocyanates is 1. The fourth-order valence-electron chi connectivity index (χ4n) is 2.49. The van der Waals surface area contributed by atoms with Crippen molar-refractivity contribution in [1.29, 1.82) is 0 Å². The highest BCUT2D eigenvalue weighted by Crippen LogP contribution is 2.15. The van der Waals surface area contributed by atoms with Crippen molar-refractivity contribution in [3.63, 3.8) is 0 Å². The smallest absolute Gasteiger partial charge is 0.211 e. The Kier molecular flexibility index (Phi) is 14.9. The van der Waals surface area contributed by atoms with E-state index in [0.29, 0.717) is 0 Å². The van der Waals surface area contributed by atoms with Crippen LogP contribution in [-0.4, -0.2) is 12.1 Å². The molecule has 0 saturated heterocycles. The number of carbonyl (C=O) groups excluding carboxylic acids is 1. The van der Waals surface area contributed by atoms with E-state index in [1.165, 1.54) is 70.6 Å². The van der Waals surface area contributed by atoms with Gasteiger partial charge in [0.1, 0.15) is 0 Å². The van der Waals surface area contributed by atoms with Crippen LogP contribution >= 0.6 is 0 Å². The van der Waals surface area contributed by atoms with E-state index in [1.807, 2.05) is 0 Å². The van der Waals surface area contributed by atoms with Gasteiger partial charge in [-0.05, 0) is 12.8 Å². The highest BCUT2D eigenvalue weighted by atomic mass is 16.1. The van der Waals surface area contributed by atoms with E-state index in [-0.39, 0.29) is 6.04 Å². The minimum atomic E-state index is 0.241. The summed E-state index contributed by atoms with van der Waals surface area (Å²) in [6, 6.07) is 0.241. The molecule has 19 heavy (non-hydrogen) atoms. The quantitative estimate of drug-likeness (QED) is 0.222. The summed E-state index contributed by atoms with van der Waals surface area (Å²) in [5.41, 5.74) is 0. The zero-order valence-electron chi connectivity index (χ0n) is 13.1. The minimum absolute atomic E-state index is 0.241. The van der Waals surface area contributed by atoms with Crippen molar-refractivity contribution < 1.29 is 4.79 Å². The number of aliphatic imine (C=N–C) groups is 1. The van der Waals surface area contributed by atoms with Crippen LogP contribution in [0.3, 0.4) is 0 Å². The molecule has 0 saturated carbocycles. The Morgan fingerprint density at radius 2 is 1.16 bits per heavy atom. The van der Waals surface area contributed by atoms with Crippen LogP contribution in [0.1, 0.15) is 97.3 Å². The molecule has 1 atom stereocenters. The van der Waals surface area contributed by atoms with Gasteiger partial charge in [0.25, 0.3) is 0 Å². The standard InChI is InChI=1S/C17H33NO/c1-3-5-7-9-11-13-15-17(18-16-19)14-12-10-8-6-4-2/h17H,3-15H2,1-2H3. The maximum absolute atomic E-state index is 10.4. The van der Waals surface area contributed by atoms with E-state index in [2.05, 4.69) is 18.8 Å². The van der Waals surface area contributed by atoms with Crippen LogP contribution in [0, 0.1) is 0 Å². The van der Waals surface area contributed by atoms with Gasteiger partial charge in [0, 0.05) is 0 Å². The first-order chi connectivity index (χ1) is 9.35. The Morgan fingerprint density at radius 3 is 1.58 bits per heavy atom. The monoisotopic (exact) mass is 267 g/mol. The average Bonchev–Trinajstić information content (AvgIpc) is 2.42. The van der Waals surface area contributed by atoms with Crippen molar-refractivity contribution in [2.45, 2.75) is 103 Å². The van der Waals surface area contributed by atoms with E-state index in [4.69, 9.17) is 0 Å². The highest BCUT2D eigenvalue weighted by molar-refractivity contribution is 5.33. The Morgan fingerprint density at radius 1 is 0.737 bits per heavy atom. The largest absolute Gasteiger partial charge is 0.235 e. The molecule has 112 valence electrons. The van der Waals surface area contributed by atoms with Gasteiger partial charge in [0.05, 0.1) is 6.04 Å². The minimum Gasteiger partial charge on any atom is -0.211 e. The molecular weight excluding hydrogens is 234 g/mol. The van der Waals surface area contributed by atoms with Gasteiger partial charge < -0.3 is 0 Å². The summed E-state index contributed by atoms with van der Waals surface area (Å²) in [5.74, 6) is 0. The Hall–Kier alpha value is -0.620. The lowest BCUT2D eigenvalue weighted by Crippen LogP contribution is -2.04. The second-order valence-electron chi connectivity index (χ2n) is 5.63. The van der Waals surface area contributed by atoms with Crippen LogP contribution in [0.25, 0.3) is 0 Å². The molecule has 0 heterocycles. The number of unbranched alkanes of at least 4 members (excludes halogenated alkanes) is 9. The Labute approximate surface area is 120 Å². The van der Waals surface area contributed by atoms with Gasteiger partial charge in [0.2, 0.25) is 6.08 Å². The zero-order valence-corrected chi connectivity index (χ0v) is 13.1. The molecule has 0 rings (SSSR count). The van der Waals surface area contributed by atoms with Gasteiger partial charge in [-0.25, -0.2) is 9.79 Å². The van der Waals surface area contributed by atoms with E-state index in [9.17, 15) is 4.79 Å². The highest BCUT2D eigenvalue weighted by Gasteiger charge is 2.06. The molecule has 0 bridgehead atoms. The maximum atomic E-state index is 10.4. The van der Waals surface area contributed by atoms with E-state index in [0.717, 1.165) is 12.8 Å². The first kappa shape index (κ1) is 18.4. The fourth-order valence-corrected chi connectivity index (χ4v) is 2.49. The third-order valence-electron chi connectivity index (χ3n) is 3.77. The van der Waals surface area contributed by atoms with E-state index < -0.39 is 0 Å². The normalized spacial score (nSPS) is 12.1. The van der Waals surface area contributed by atoms with Crippen LogP contribution in [0.2, 0.25) is 0 Å². The van der Waals surface area contributed by atoms with Crippen LogP contribution in [0.15, 0.2) is 4.99 Å².